The fourth-order valence-electron chi connectivity index (χ4n) is 5.13. The van der Waals surface area contributed by atoms with E-state index in [-0.39, 0.29) is 18.6 Å². The number of methoxy groups -OCH3 is 4. The van der Waals surface area contributed by atoms with Crippen molar-refractivity contribution in [2.24, 2.45) is 5.41 Å². The number of carbonyl (C=O) groups is 3. The first kappa shape index (κ1) is 28.4. The van der Waals surface area contributed by atoms with Crippen molar-refractivity contribution in [2.45, 2.75) is 19.3 Å². The van der Waals surface area contributed by atoms with Crippen LogP contribution in [0.2, 0.25) is 0 Å². The van der Waals surface area contributed by atoms with Gasteiger partial charge in [0.2, 0.25) is 0 Å². The average molecular weight is 541 g/mol. The summed E-state index contributed by atoms with van der Waals surface area (Å²) in [6, 6.07) is 21.8. The van der Waals surface area contributed by atoms with E-state index in [1.54, 1.807) is 56.7 Å². The van der Waals surface area contributed by atoms with Crippen molar-refractivity contribution in [2.75, 3.05) is 28.4 Å². The minimum Gasteiger partial charge on any atom is -0.497 e. The van der Waals surface area contributed by atoms with Crippen LogP contribution in [-0.2, 0) is 25.5 Å². The van der Waals surface area contributed by atoms with E-state index < -0.39 is 17.4 Å². The Morgan fingerprint density at radius 2 is 1.15 bits per heavy atom. The lowest BCUT2D eigenvalue weighted by Crippen LogP contribution is -2.32. The van der Waals surface area contributed by atoms with Gasteiger partial charge in [-0.3, -0.25) is 4.79 Å². The molecule has 0 fully saturated rings. The van der Waals surface area contributed by atoms with Crippen LogP contribution in [0.5, 0.6) is 11.5 Å². The molecule has 0 N–H and O–H groups in total. The molecule has 4 rings (SSSR count). The van der Waals surface area contributed by atoms with Crippen LogP contribution in [0.25, 0.3) is 12.2 Å². The topological polar surface area (TPSA) is 88.1 Å². The van der Waals surface area contributed by atoms with Crippen molar-refractivity contribution in [1.29, 1.82) is 0 Å². The number of carbonyl (C=O) groups excluding carboxylic acids is 3. The Morgan fingerprint density at radius 1 is 0.700 bits per heavy atom. The molecule has 0 unspecified atom stereocenters. The molecule has 40 heavy (non-hydrogen) atoms. The molecule has 0 radical (unpaired) electrons. The summed E-state index contributed by atoms with van der Waals surface area (Å²) in [6.07, 6.45) is 3.92. The number of hydrogen-bond donors (Lipinski definition) is 0. The summed E-state index contributed by atoms with van der Waals surface area (Å²) in [5, 5.41) is 0. The van der Waals surface area contributed by atoms with Crippen LogP contribution in [0.3, 0.4) is 0 Å². The van der Waals surface area contributed by atoms with Crippen molar-refractivity contribution >= 4 is 29.9 Å². The van der Waals surface area contributed by atoms with Crippen LogP contribution in [-0.4, -0.2) is 46.2 Å². The number of benzene rings is 3. The molecule has 206 valence electrons. The van der Waals surface area contributed by atoms with Gasteiger partial charge < -0.3 is 18.9 Å². The second kappa shape index (κ2) is 12.5. The molecule has 1 aliphatic rings. The Balaban J connectivity index is 1.80. The number of Topliss-reactive ketones (excluding diaryl/α,β-unsaturated/α-hetero) is 1. The third-order valence-electron chi connectivity index (χ3n) is 7.14. The number of fused-ring (bicyclic) bond motifs is 1. The quantitative estimate of drug-likeness (QED) is 0.240. The van der Waals surface area contributed by atoms with Gasteiger partial charge in [-0.25, -0.2) is 9.59 Å². The van der Waals surface area contributed by atoms with Crippen LogP contribution in [0.15, 0.2) is 83.9 Å². The van der Waals surface area contributed by atoms with Crippen molar-refractivity contribution < 1.29 is 33.3 Å². The molecule has 1 aliphatic carbocycles. The van der Waals surface area contributed by atoms with Gasteiger partial charge in [-0.05, 0) is 72.4 Å². The van der Waals surface area contributed by atoms with Gasteiger partial charge in [0.15, 0.2) is 5.78 Å². The molecule has 0 saturated heterocycles. The predicted molar refractivity (Wildman–Crippen MR) is 152 cm³/mol. The normalized spacial score (nSPS) is 16.8. The van der Waals surface area contributed by atoms with Crippen molar-refractivity contribution in [3.05, 3.63) is 106 Å². The maximum absolute atomic E-state index is 14.1. The summed E-state index contributed by atoms with van der Waals surface area (Å²) in [5.41, 5.74) is 2.50. The third kappa shape index (κ3) is 6.15. The molecule has 0 saturated carbocycles. The highest BCUT2D eigenvalue weighted by Gasteiger charge is 2.47. The van der Waals surface area contributed by atoms with Gasteiger partial charge in [0.1, 0.15) is 11.5 Å². The molecule has 0 heterocycles. The van der Waals surface area contributed by atoms with Gasteiger partial charge in [0.25, 0.3) is 0 Å². The van der Waals surface area contributed by atoms with Gasteiger partial charge in [0, 0.05) is 22.1 Å². The lowest BCUT2D eigenvalue weighted by atomic mass is 9.72. The molecule has 0 spiro atoms. The molecule has 0 aliphatic heterocycles. The number of ether oxygens (including phenoxy) is 4. The van der Waals surface area contributed by atoms with Crippen LogP contribution < -0.4 is 9.47 Å². The Morgan fingerprint density at radius 3 is 1.55 bits per heavy atom. The summed E-state index contributed by atoms with van der Waals surface area (Å²) in [4.78, 5) is 40.2. The zero-order chi connectivity index (χ0) is 28.7. The van der Waals surface area contributed by atoms with E-state index in [2.05, 4.69) is 0 Å². The van der Waals surface area contributed by atoms with E-state index in [1.165, 1.54) is 14.2 Å². The summed E-state index contributed by atoms with van der Waals surface area (Å²) >= 11 is 0. The van der Waals surface area contributed by atoms with Crippen LogP contribution in [0, 0.1) is 5.41 Å². The highest BCUT2D eigenvalue weighted by atomic mass is 16.5. The summed E-state index contributed by atoms with van der Waals surface area (Å²) in [7, 11) is 5.78. The largest absolute Gasteiger partial charge is 0.497 e. The maximum atomic E-state index is 14.1. The molecule has 0 atom stereocenters. The Bertz CT molecular complexity index is 1370. The molecule has 7 heteroatoms. The highest BCUT2D eigenvalue weighted by molar-refractivity contribution is 6.07. The lowest BCUT2D eigenvalue weighted by Gasteiger charge is -2.29. The number of hydrogen-bond acceptors (Lipinski definition) is 7. The second-order valence-electron chi connectivity index (χ2n) is 9.67. The highest BCUT2D eigenvalue weighted by Crippen LogP contribution is 2.47. The average Bonchev–Trinajstić information content (AvgIpc) is 3.27. The Labute approximate surface area is 234 Å². The zero-order valence-electron chi connectivity index (χ0n) is 23.1. The Kier molecular flexibility index (Phi) is 8.84. The first-order valence-corrected chi connectivity index (χ1v) is 12.8. The fraction of sp³-hybridized carbons (Fsp3) is 0.242. The molecular formula is C33H32O7. The summed E-state index contributed by atoms with van der Waals surface area (Å²) < 4.78 is 20.7. The van der Waals surface area contributed by atoms with E-state index in [9.17, 15) is 14.4 Å². The summed E-state index contributed by atoms with van der Waals surface area (Å²) in [5.74, 6) is 0.148. The number of rotatable bonds is 10. The molecule has 7 nitrogen and oxygen atoms in total. The van der Waals surface area contributed by atoms with Crippen molar-refractivity contribution in [3.63, 3.8) is 0 Å². The van der Waals surface area contributed by atoms with Crippen LogP contribution in [0.4, 0.5) is 0 Å². The lowest BCUT2D eigenvalue weighted by molar-refractivity contribution is -0.136. The third-order valence-corrected chi connectivity index (χ3v) is 7.14. The first-order chi connectivity index (χ1) is 19.3. The number of ketones is 1. The molecular weight excluding hydrogens is 508 g/mol. The second-order valence-corrected chi connectivity index (χ2v) is 9.67. The molecule has 0 amide bonds. The van der Waals surface area contributed by atoms with Gasteiger partial charge in [0.05, 0.1) is 28.4 Å². The van der Waals surface area contributed by atoms with E-state index in [0.29, 0.717) is 34.6 Å². The van der Waals surface area contributed by atoms with Gasteiger partial charge in [-0.15, -0.1) is 0 Å². The van der Waals surface area contributed by atoms with Gasteiger partial charge >= 0.3 is 11.9 Å². The summed E-state index contributed by atoms with van der Waals surface area (Å²) in [6.45, 7) is 0. The SMILES string of the molecule is COC(=O)/C(=C/c1ccc(OC)cc1)CC1(C/C(=C\c2ccc(OC)cc2)C(=O)OC)Cc2ccccc2C1=O. The Hall–Kier alpha value is -4.65. The van der Waals surface area contributed by atoms with E-state index in [0.717, 1.165) is 16.7 Å². The van der Waals surface area contributed by atoms with E-state index >= 15 is 0 Å². The van der Waals surface area contributed by atoms with Crippen LogP contribution >= 0.6 is 0 Å². The smallest absolute Gasteiger partial charge is 0.333 e. The monoisotopic (exact) mass is 540 g/mol. The van der Waals surface area contributed by atoms with E-state index in [1.807, 2.05) is 42.5 Å². The molecule has 0 bridgehead atoms. The molecule has 0 aromatic heterocycles. The van der Waals surface area contributed by atoms with Gasteiger partial charge in [-0.1, -0.05) is 48.5 Å². The van der Waals surface area contributed by atoms with Crippen LogP contribution in [0.1, 0.15) is 39.9 Å². The minimum absolute atomic E-state index is 0.0656. The standard InChI is InChI=1S/C33H32O7/c1-37-27-13-9-22(10-14-27)17-25(31(35)39-3)20-33(19-24-7-5-6-8-29(24)30(33)34)21-26(32(36)40-4)18-23-11-15-28(38-2)16-12-23/h5-18H,19-21H2,1-4H3/b25-17+,26-18+. The zero-order valence-corrected chi connectivity index (χ0v) is 23.1. The predicted octanol–water partition coefficient (Wildman–Crippen LogP) is 5.72. The fourth-order valence-corrected chi connectivity index (χ4v) is 5.13. The first-order valence-electron chi connectivity index (χ1n) is 12.8. The van der Waals surface area contributed by atoms with Crippen molar-refractivity contribution in [1.82, 2.24) is 0 Å². The maximum Gasteiger partial charge on any atom is 0.333 e. The van der Waals surface area contributed by atoms with Gasteiger partial charge in [-0.2, -0.15) is 0 Å². The van der Waals surface area contributed by atoms with E-state index in [4.69, 9.17) is 18.9 Å². The minimum atomic E-state index is -1.11. The molecule has 3 aromatic rings. The molecule has 3 aromatic carbocycles. The van der Waals surface area contributed by atoms with Crippen molar-refractivity contribution in [3.8, 4) is 11.5 Å². The number of esters is 2.